The Labute approximate surface area is 339 Å². The topological polar surface area (TPSA) is 53.2 Å². The number of aromatic nitrogens is 5. The monoisotopic (exact) mass is 763 g/mol. The van der Waals surface area contributed by atoms with Gasteiger partial charge in [-0.15, -0.1) is 0 Å². The Morgan fingerprint density at radius 3 is 1.70 bits per heavy atom. The van der Waals surface area contributed by atoms with Crippen molar-refractivity contribution >= 4 is 125 Å². The number of benzene rings is 9. The number of nitrogens with zero attached hydrogens (tertiary/aromatic N) is 5. The van der Waals surface area contributed by atoms with Crippen LogP contribution in [0, 0.1) is 0 Å². The molecule has 60 heavy (non-hydrogen) atoms. The van der Waals surface area contributed by atoms with Crippen molar-refractivity contribution in [2.75, 3.05) is 0 Å². The van der Waals surface area contributed by atoms with Crippen molar-refractivity contribution < 1.29 is 4.42 Å². The van der Waals surface area contributed by atoms with E-state index in [0.717, 1.165) is 49.3 Å². The first kappa shape index (κ1) is 30.9. The summed E-state index contributed by atoms with van der Waals surface area (Å²) >= 11 is 0. The molecule has 0 aliphatic rings. The van der Waals surface area contributed by atoms with Crippen LogP contribution < -0.4 is 0 Å². The largest absolute Gasteiger partial charge is 0.450 e. The standard InChI is InChI=1S/C54H29N5O/c1-3-15-32-30(13-1)25-27-43-46(32)36-19-7-11-23-42(36)58(43)53-52-49(37-20-8-12-24-45(37)60-52)55-54(56-53)59-41-22-10-6-18-35(41)39-29-38-34-17-5-9-21-40(34)57-44-28-26-31-14-2-4-16-33(31)47(44)48(50(38)57)51(39)59/h1-29H. The van der Waals surface area contributed by atoms with E-state index in [0.29, 0.717) is 17.3 Å². The molecular weight excluding hydrogens is 735 g/mol. The number of hydrogen-bond donors (Lipinski definition) is 0. The van der Waals surface area contributed by atoms with Gasteiger partial charge in [-0.05, 0) is 70.1 Å². The molecule has 15 rings (SSSR count). The van der Waals surface area contributed by atoms with Crippen molar-refractivity contribution in [3.05, 3.63) is 176 Å². The Morgan fingerprint density at radius 2 is 0.933 bits per heavy atom. The van der Waals surface area contributed by atoms with Crippen molar-refractivity contribution in [2.45, 2.75) is 0 Å². The molecule has 0 aliphatic carbocycles. The molecule has 9 aromatic carbocycles. The molecule has 0 saturated heterocycles. The van der Waals surface area contributed by atoms with Gasteiger partial charge in [0.2, 0.25) is 5.95 Å². The van der Waals surface area contributed by atoms with Gasteiger partial charge in [-0.1, -0.05) is 127 Å². The molecule has 0 atom stereocenters. The van der Waals surface area contributed by atoms with E-state index in [4.69, 9.17) is 14.4 Å². The predicted molar refractivity (Wildman–Crippen MR) is 248 cm³/mol. The molecule has 0 amide bonds. The summed E-state index contributed by atoms with van der Waals surface area (Å²) in [6, 6.07) is 63.2. The summed E-state index contributed by atoms with van der Waals surface area (Å²) in [5.41, 5.74) is 10.1. The zero-order chi connectivity index (χ0) is 38.8. The molecule has 0 spiro atoms. The second-order valence-corrected chi connectivity index (χ2v) is 16.1. The van der Waals surface area contributed by atoms with Crippen LogP contribution in [0.1, 0.15) is 0 Å². The Kier molecular flexibility index (Phi) is 5.57. The van der Waals surface area contributed by atoms with Crippen molar-refractivity contribution in [2.24, 2.45) is 0 Å². The highest BCUT2D eigenvalue weighted by atomic mass is 16.3. The highest BCUT2D eigenvalue weighted by Crippen LogP contribution is 2.48. The molecule has 6 heterocycles. The van der Waals surface area contributed by atoms with E-state index >= 15 is 0 Å². The molecule has 0 radical (unpaired) electrons. The van der Waals surface area contributed by atoms with E-state index in [1.54, 1.807) is 0 Å². The van der Waals surface area contributed by atoms with E-state index in [9.17, 15) is 0 Å². The highest BCUT2D eigenvalue weighted by Gasteiger charge is 2.28. The summed E-state index contributed by atoms with van der Waals surface area (Å²) < 4.78 is 13.9. The maximum Gasteiger partial charge on any atom is 0.237 e. The molecular formula is C54H29N5O. The Bertz CT molecular complexity index is 4370. The van der Waals surface area contributed by atoms with Crippen LogP contribution in [-0.4, -0.2) is 23.5 Å². The molecule has 15 aromatic rings. The normalized spacial score (nSPS) is 12.7. The van der Waals surface area contributed by atoms with Gasteiger partial charge in [0.1, 0.15) is 11.1 Å². The van der Waals surface area contributed by atoms with Gasteiger partial charge < -0.3 is 8.82 Å². The third kappa shape index (κ3) is 3.66. The van der Waals surface area contributed by atoms with E-state index < -0.39 is 0 Å². The minimum Gasteiger partial charge on any atom is -0.450 e. The van der Waals surface area contributed by atoms with Crippen LogP contribution in [-0.2, 0) is 0 Å². The maximum absolute atomic E-state index is 6.82. The van der Waals surface area contributed by atoms with Crippen molar-refractivity contribution in [3.8, 4) is 11.8 Å². The summed E-state index contributed by atoms with van der Waals surface area (Å²) in [5.74, 6) is 1.30. The summed E-state index contributed by atoms with van der Waals surface area (Å²) in [4.78, 5) is 11.3. The molecule has 0 saturated carbocycles. The molecule has 0 bridgehead atoms. The van der Waals surface area contributed by atoms with E-state index in [1.807, 2.05) is 12.1 Å². The SMILES string of the molecule is c1ccc2c(c1)ccc1c2c2ccccc2n1-c1nc(-n2c3ccccc3c3cc4c5ccccc5n5c6ccc7ccccc7c6c(c32)c45)nc2c1oc1ccccc12. The molecule has 0 aliphatic heterocycles. The zero-order valence-electron chi connectivity index (χ0n) is 31.9. The van der Waals surface area contributed by atoms with Crippen LogP contribution in [0.4, 0.5) is 0 Å². The van der Waals surface area contributed by atoms with Crippen LogP contribution in [0.3, 0.4) is 0 Å². The summed E-state index contributed by atoms with van der Waals surface area (Å²) in [6.07, 6.45) is 0. The van der Waals surface area contributed by atoms with E-state index in [-0.39, 0.29) is 0 Å². The molecule has 276 valence electrons. The Hall–Kier alpha value is -8.22. The first-order valence-corrected chi connectivity index (χ1v) is 20.4. The molecule has 0 N–H and O–H groups in total. The second kappa shape index (κ2) is 10.8. The van der Waals surface area contributed by atoms with Gasteiger partial charge in [0.15, 0.2) is 11.4 Å². The van der Waals surface area contributed by atoms with Crippen LogP contribution in [0.25, 0.3) is 137 Å². The molecule has 0 unspecified atom stereocenters. The van der Waals surface area contributed by atoms with E-state index in [2.05, 4.69) is 177 Å². The first-order valence-electron chi connectivity index (χ1n) is 20.4. The average molecular weight is 764 g/mol. The summed E-state index contributed by atoms with van der Waals surface area (Å²) in [7, 11) is 0. The van der Waals surface area contributed by atoms with Gasteiger partial charge in [0.25, 0.3) is 0 Å². The van der Waals surface area contributed by atoms with Crippen molar-refractivity contribution in [1.82, 2.24) is 23.5 Å². The molecule has 6 aromatic heterocycles. The smallest absolute Gasteiger partial charge is 0.237 e. The number of hydrogen-bond acceptors (Lipinski definition) is 3. The van der Waals surface area contributed by atoms with E-state index in [1.165, 1.54) is 70.4 Å². The van der Waals surface area contributed by atoms with Gasteiger partial charge >= 0.3 is 0 Å². The summed E-state index contributed by atoms with van der Waals surface area (Å²) in [6.45, 7) is 0. The fourth-order valence-corrected chi connectivity index (χ4v) is 10.8. The molecule has 6 heteroatoms. The van der Waals surface area contributed by atoms with Crippen LogP contribution in [0.15, 0.2) is 180 Å². The van der Waals surface area contributed by atoms with Crippen LogP contribution in [0.2, 0.25) is 0 Å². The third-order valence-corrected chi connectivity index (χ3v) is 13.2. The number of para-hydroxylation sites is 4. The lowest BCUT2D eigenvalue weighted by atomic mass is 10.00. The Morgan fingerprint density at radius 1 is 0.367 bits per heavy atom. The van der Waals surface area contributed by atoms with Crippen LogP contribution in [0.5, 0.6) is 0 Å². The van der Waals surface area contributed by atoms with Gasteiger partial charge in [0, 0.05) is 48.5 Å². The highest BCUT2D eigenvalue weighted by molar-refractivity contribution is 6.37. The minimum atomic E-state index is 0.592. The van der Waals surface area contributed by atoms with Crippen molar-refractivity contribution in [3.63, 3.8) is 0 Å². The molecule has 0 fully saturated rings. The summed E-state index contributed by atoms with van der Waals surface area (Å²) in [5, 5.41) is 15.4. The van der Waals surface area contributed by atoms with Gasteiger partial charge in [-0.3, -0.25) is 9.13 Å². The number of furan rings is 1. The zero-order valence-corrected chi connectivity index (χ0v) is 31.9. The lowest BCUT2D eigenvalue weighted by Crippen LogP contribution is -2.06. The van der Waals surface area contributed by atoms with Gasteiger partial charge in [-0.25, -0.2) is 4.98 Å². The van der Waals surface area contributed by atoms with Gasteiger partial charge in [0.05, 0.1) is 38.6 Å². The predicted octanol–water partition coefficient (Wildman–Crippen LogP) is 14.0. The fourth-order valence-electron chi connectivity index (χ4n) is 10.8. The quantitative estimate of drug-likeness (QED) is 0.176. The van der Waals surface area contributed by atoms with Crippen LogP contribution >= 0.6 is 0 Å². The lowest BCUT2D eigenvalue weighted by Gasteiger charge is -2.12. The average Bonchev–Trinajstić information content (AvgIpc) is 4.10. The number of rotatable bonds is 2. The first-order chi connectivity index (χ1) is 29.8. The molecule has 6 nitrogen and oxygen atoms in total. The second-order valence-electron chi connectivity index (χ2n) is 16.1. The van der Waals surface area contributed by atoms with Crippen molar-refractivity contribution in [1.29, 1.82) is 0 Å². The third-order valence-electron chi connectivity index (χ3n) is 13.2. The fraction of sp³-hybridized carbons (Fsp3) is 0. The maximum atomic E-state index is 6.82. The number of fused-ring (bicyclic) bond motifs is 20. The van der Waals surface area contributed by atoms with Gasteiger partial charge in [-0.2, -0.15) is 4.98 Å². The Balaban J connectivity index is 1.18. The lowest BCUT2D eigenvalue weighted by molar-refractivity contribution is 0.661. The minimum absolute atomic E-state index is 0.592.